The van der Waals surface area contributed by atoms with Crippen molar-refractivity contribution in [3.8, 4) is 5.75 Å². The van der Waals surface area contributed by atoms with Crippen molar-refractivity contribution in [2.75, 3.05) is 0 Å². The summed E-state index contributed by atoms with van der Waals surface area (Å²) in [5, 5.41) is 0.00579. The highest BCUT2D eigenvalue weighted by Crippen LogP contribution is 2.27. The summed E-state index contributed by atoms with van der Waals surface area (Å²) in [5.41, 5.74) is 6.97. The zero-order valence-electron chi connectivity index (χ0n) is 10.9. The molecule has 0 bridgehead atoms. The van der Waals surface area contributed by atoms with Crippen molar-refractivity contribution in [2.24, 2.45) is 5.73 Å². The number of hydrogen-bond acceptors (Lipinski definition) is 2. The molecule has 0 aliphatic rings. The van der Waals surface area contributed by atoms with Gasteiger partial charge in [-0.05, 0) is 19.1 Å². The third-order valence-electron chi connectivity index (χ3n) is 2.88. The molecule has 1 atom stereocenters. The Labute approximate surface area is 121 Å². The van der Waals surface area contributed by atoms with Gasteiger partial charge in [-0.3, -0.25) is 0 Å². The van der Waals surface area contributed by atoms with E-state index in [-0.39, 0.29) is 17.7 Å². The lowest BCUT2D eigenvalue weighted by molar-refractivity contribution is 0.299. The molecular weight excluding hydrogens is 284 g/mol. The van der Waals surface area contributed by atoms with Crippen LogP contribution >= 0.6 is 11.6 Å². The molecule has 0 radical (unpaired) electrons. The summed E-state index contributed by atoms with van der Waals surface area (Å²) in [6.45, 7) is 1.81. The van der Waals surface area contributed by atoms with Crippen LogP contribution in [0.5, 0.6) is 5.75 Å². The topological polar surface area (TPSA) is 35.2 Å². The van der Waals surface area contributed by atoms with Crippen LogP contribution < -0.4 is 10.5 Å². The van der Waals surface area contributed by atoms with Gasteiger partial charge in [-0.2, -0.15) is 0 Å². The van der Waals surface area contributed by atoms with E-state index in [0.717, 1.165) is 0 Å². The molecule has 106 valence electrons. The van der Waals surface area contributed by atoms with Crippen LogP contribution in [0.1, 0.15) is 24.1 Å². The van der Waals surface area contributed by atoms with E-state index in [1.807, 2.05) is 0 Å². The molecule has 0 fully saturated rings. The van der Waals surface area contributed by atoms with E-state index < -0.39 is 11.6 Å². The summed E-state index contributed by atoms with van der Waals surface area (Å²) in [7, 11) is 0. The smallest absolute Gasteiger partial charge is 0.142 e. The van der Waals surface area contributed by atoms with Crippen LogP contribution in [0.2, 0.25) is 5.02 Å². The zero-order valence-corrected chi connectivity index (χ0v) is 11.6. The minimum atomic E-state index is -0.514. The first-order valence-corrected chi connectivity index (χ1v) is 6.47. The van der Waals surface area contributed by atoms with Gasteiger partial charge in [-0.15, -0.1) is 0 Å². The van der Waals surface area contributed by atoms with E-state index in [1.54, 1.807) is 19.1 Å². The minimum Gasteiger partial charge on any atom is -0.488 e. The van der Waals surface area contributed by atoms with E-state index in [1.165, 1.54) is 24.3 Å². The molecule has 0 saturated heterocycles. The molecule has 0 aliphatic carbocycles. The Balaban J connectivity index is 2.22. The molecule has 2 N–H and O–H groups in total. The molecule has 2 nitrogen and oxygen atoms in total. The van der Waals surface area contributed by atoms with Gasteiger partial charge in [-0.1, -0.05) is 29.8 Å². The standard InChI is InChI=1S/C15H14ClF2NO/c1-9(19)12-6-5-11(17)7-14(12)20-8-10-3-2-4-13(18)15(10)16/h2-7,9H,8,19H2,1H3/t9-/m1/s1. The van der Waals surface area contributed by atoms with Crippen molar-refractivity contribution in [3.05, 3.63) is 64.2 Å². The van der Waals surface area contributed by atoms with Gasteiger partial charge in [0.1, 0.15) is 24.0 Å². The monoisotopic (exact) mass is 297 g/mol. The predicted octanol–water partition coefficient (Wildman–Crippen LogP) is 4.22. The second-order valence-corrected chi connectivity index (χ2v) is 4.85. The first-order valence-electron chi connectivity index (χ1n) is 6.09. The fourth-order valence-electron chi connectivity index (χ4n) is 1.82. The van der Waals surface area contributed by atoms with Crippen molar-refractivity contribution in [1.82, 2.24) is 0 Å². The van der Waals surface area contributed by atoms with Gasteiger partial charge < -0.3 is 10.5 Å². The maximum atomic E-state index is 13.3. The third-order valence-corrected chi connectivity index (χ3v) is 3.30. The van der Waals surface area contributed by atoms with Crippen molar-refractivity contribution >= 4 is 11.6 Å². The SMILES string of the molecule is C[C@@H](N)c1ccc(F)cc1OCc1cccc(F)c1Cl. The number of nitrogens with two attached hydrogens (primary N) is 1. The number of rotatable bonds is 4. The van der Waals surface area contributed by atoms with Gasteiger partial charge >= 0.3 is 0 Å². The second kappa shape index (κ2) is 6.20. The van der Waals surface area contributed by atoms with E-state index in [9.17, 15) is 8.78 Å². The highest BCUT2D eigenvalue weighted by atomic mass is 35.5. The van der Waals surface area contributed by atoms with Crippen LogP contribution in [0.25, 0.3) is 0 Å². The molecule has 2 aromatic carbocycles. The Morgan fingerprint density at radius 1 is 1.25 bits per heavy atom. The Hall–Kier alpha value is -1.65. The van der Waals surface area contributed by atoms with E-state index in [0.29, 0.717) is 16.9 Å². The van der Waals surface area contributed by atoms with Crippen LogP contribution in [0, 0.1) is 11.6 Å². The summed E-state index contributed by atoms with van der Waals surface area (Å²) in [6.07, 6.45) is 0. The van der Waals surface area contributed by atoms with Gasteiger partial charge in [0.25, 0.3) is 0 Å². The molecule has 2 aromatic rings. The summed E-state index contributed by atoms with van der Waals surface area (Å²) in [5.74, 6) is -0.602. The zero-order chi connectivity index (χ0) is 14.7. The van der Waals surface area contributed by atoms with Crippen molar-refractivity contribution in [1.29, 1.82) is 0 Å². The highest BCUT2D eigenvalue weighted by Gasteiger charge is 2.11. The minimum absolute atomic E-state index is 0.00579. The largest absolute Gasteiger partial charge is 0.488 e. The Morgan fingerprint density at radius 2 is 2.00 bits per heavy atom. The molecule has 0 aliphatic heterocycles. The maximum Gasteiger partial charge on any atom is 0.142 e. The lowest BCUT2D eigenvalue weighted by atomic mass is 10.1. The van der Waals surface area contributed by atoms with Crippen LogP contribution in [-0.4, -0.2) is 0 Å². The Morgan fingerprint density at radius 3 is 2.70 bits per heavy atom. The van der Waals surface area contributed by atoms with Crippen molar-refractivity contribution in [2.45, 2.75) is 19.6 Å². The molecule has 0 unspecified atom stereocenters. The van der Waals surface area contributed by atoms with Gasteiger partial charge in [0.05, 0.1) is 5.02 Å². The lowest BCUT2D eigenvalue weighted by Gasteiger charge is -2.14. The Bertz CT molecular complexity index is 617. The summed E-state index contributed by atoms with van der Waals surface area (Å²) < 4.78 is 32.1. The normalized spacial score (nSPS) is 12.2. The molecule has 0 spiro atoms. The van der Waals surface area contributed by atoms with Crippen LogP contribution in [0.3, 0.4) is 0 Å². The second-order valence-electron chi connectivity index (χ2n) is 4.47. The molecule has 0 aromatic heterocycles. The molecule has 5 heteroatoms. The van der Waals surface area contributed by atoms with Crippen LogP contribution in [-0.2, 0) is 6.61 Å². The van der Waals surface area contributed by atoms with Crippen LogP contribution in [0.15, 0.2) is 36.4 Å². The lowest BCUT2D eigenvalue weighted by Crippen LogP contribution is -2.08. The first kappa shape index (κ1) is 14.8. The van der Waals surface area contributed by atoms with Crippen molar-refractivity contribution < 1.29 is 13.5 Å². The third kappa shape index (κ3) is 3.26. The fraction of sp³-hybridized carbons (Fsp3) is 0.200. The van der Waals surface area contributed by atoms with E-state index in [2.05, 4.69) is 0 Å². The maximum absolute atomic E-state index is 13.3. The number of benzene rings is 2. The van der Waals surface area contributed by atoms with E-state index in [4.69, 9.17) is 22.1 Å². The fourth-order valence-corrected chi connectivity index (χ4v) is 2.01. The quantitative estimate of drug-likeness (QED) is 0.917. The van der Waals surface area contributed by atoms with Gasteiger partial charge in [0.2, 0.25) is 0 Å². The van der Waals surface area contributed by atoms with Crippen molar-refractivity contribution in [3.63, 3.8) is 0 Å². The highest BCUT2D eigenvalue weighted by molar-refractivity contribution is 6.31. The molecule has 0 heterocycles. The van der Waals surface area contributed by atoms with Crippen LogP contribution in [0.4, 0.5) is 8.78 Å². The van der Waals surface area contributed by atoms with Gasteiger partial charge in [0, 0.05) is 23.2 Å². The average Bonchev–Trinajstić information content (AvgIpc) is 2.40. The summed E-state index contributed by atoms with van der Waals surface area (Å²) >= 11 is 5.84. The first-order chi connectivity index (χ1) is 9.49. The van der Waals surface area contributed by atoms with Gasteiger partial charge in [-0.25, -0.2) is 8.78 Å². The predicted molar refractivity (Wildman–Crippen MR) is 74.7 cm³/mol. The Kier molecular flexibility index (Phi) is 4.57. The molecule has 0 saturated carbocycles. The summed E-state index contributed by atoms with van der Waals surface area (Å²) in [4.78, 5) is 0. The van der Waals surface area contributed by atoms with Gasteiger partial charge in [0.15, 0.2) is 0 Å². The molecular formula is C15H14ClF2NO. The molecule has 0 amide bonds. The van der Waals surface area contributed by atoms with E-state index >= 15 is 0 Å². The number of ether oxygens (including phenoxy) is 1. The average molecular weight is 298 g/mol. The number of halogens is 3. The number of hydrogen-bond donors (Lipinski definition) is 1. The molecule has 20 heavy (non-hydrogen) atoms. The molecule has 2 rings (SSSR count). The summed E-state index contributed by atoms with van der Waals surface area (Å²) in [6, 6.07) is 8.30.